The Hall–Kier alpha value is -3.00. The summed E-state index contributed by atoms with van der Waals surface area (Å²) in [5, 5.41) is 5.95. The van der Waals surface area contributed by atoms with Crippen LogP contribution in [-0.4, -0.2) is 32.7 Å². The number of sulfonamides is 1. The molecule has 0 unspecified atom stereocenters. The quantitative estimate of drug-likeness (QED) is 0.325. The lowest BCUT2D eigenvalue weighted by atomic mass is 10.1. The molecule has 0 spiro atoms. The number of rotatable bonds is 5. The zero-order valence-electron chi connectivity index (χ0n) is 16.7. The van der Waals surface area contributed by atoms with Crippen LogP contribution in [0.25, 0.3) is 0 Å². The second kappa shape index (κ2) is 9.47. The molecule has 2 N–H and O–H groups in total. The van der Waals surface area contributed by atoms with Crippen LogP contribution in [0.5, 0.6) is 0 Å². The Morgan fingerprint density at radius 1 is 1.03 bits per heavy atom. The number of urea groups is 1. The Labute approximate surface area is 189 Å². The Bertz CT molecular complexity index is 1170. The van der Waals surface area contributed by atoms with E-state index in [0.29, 0.717) is 7.05 Å². The van der Waals surface area contributed by atoms with Crippen molar-refractivity contribution in [1.82, 2.24) is 5.43 Å². The average molecular weight is 517 g/mol. The van der Waals surface area contributed by atoms with Crippen LogP contribution < -0.4 is 15.0 Å². The van der Waals surface area contributed by atoms with E-state index in [4.69, 9.17) is 11.6 Å². The van der Waals surface area contributed by atoms with Crippen LogP contribution in [0.2, 0.25) is 5.02 Å². The van der Waals surface area contributed by atoms with Crippen molar-refractivity contribution in [2.45, 2.75) is 18.6 Å². The maximum atomic E-state index is 12.9. The molecule has 0 aliphatic carbocycles. The first-order chi connectivity index (χ1) is 15.0. The maximum Gasteiger partial charge on any atom is 0.516 e. The Kier molecular flexibility index (Phi) is 7.53. The van der Waals surface area contributed by atoms with Gasteiger partial charge < -0.3 is 5.32 Å². The van der Waals surface area contributed by atoms with Gasteiger partial charge in [-0.25, -0.2) is 10.2 Å². The molecule has 15 heteroatoms. The van der Waals surface area contributed by atoms with Crippen LogP contribution in [-0.2, 0) is 16.2 Å². The number of hydrogen-bond donors (Lipinski definition) is 2. The van der Waals surface area contributed by atoms with Gasteiger partial charge in [-0.1, -0.05) is 11.6 Å². The number of alkyl halides is 6. The highest BCUT2D eigenvalue weighted by Crippen LogP contribution is 2.33. The molecular weight excluding hydrogens is 502 g/mol. The van der Waals surface area contributed by atoms with Crippen LogP contribution in [0.3, 0.4) is 0 Å². The van der Waals surface area contributed by atoms with Crippen LogP contribution in [0, 0.1) is 0 Å². The Morgan fingerprint density at radius 3 is 2.12 bits per heavy atom. The molecular formula is C18H15ClF6N4O3S. The highest BCUT2D eigenvalue weighted by molar-refractivity contribution is 7.93. The van der Waals surface area contributed by atoms with Gasteiger partial charge in [0.1, 0.15) is 0 Å². The summed E-state index contributed by atoms with van der Waals surface area (Å²) in [6, 6.07) is 5.87. The van der Waals surface area contributed by atoms with Crippen LogP contribution >= 0.6 is 11.6 Å². The molecule has 2 rings (SSSR count). The normalized spacial score (nSPS) is 12.9. The van der Waals surface area contributed by atoms with Gasteiger partial charge in [-0.15, -0.1) is 0 Å². The van der Waals surface area contributed by atoms with Gasteiger partial charge in [0.05, 0.1) is 17.0 Å². The van der Waals surface area contributed by atoms with Crippen molar-refractivity contribution in [3.8, 4) is 0 Å². The van der Waals surface area contributed by atoms with E-state index in [9.17, 15) is 39.6 Å². The predicted molar refractivity (Wildman–Crippen MR) is 111 cm³/mol. The number of nitrogens with zero attached hydrogens (tertiary/aromatic N) is 2. The fourth-order valence-electron chi connectivity index (χ4n) is 2.45. The molecule has 0 heterocycles. The van der Waals surface area contributed by atoms with E-state index < -0.39 is 39.0 Å². The smallest absolute Gasteiger partial charge is 0.307 e. The molecule has 0 saturated heterocycles. The molecule has 2 aromatic carbocycles. The van der Waals surface area contributed by atoms with Crippen molar-refractivity contribution < 1.29 is 39.6 Å². The summed E-state index contributed by atoms with van der Waals surface area (Å²) in [6.45, 7) is 1.27. The minimum atomic E-state index is -5.73. The van der Waals surface area contributed by atoms with Crippen molar-refractivity contribution in [1.29, 1.82) is 0 Å². The maximum absolute atomic E-state index is 12.9. The average Bonchev–Trinajstić information content (AvgIpc) is 2.70. The summed E-state index contributed by atoms with van der Waals surface area (Å²) < 4.78 is 100.0. The van der Waals surface area contributed by atoms with Crippen LogP contribution in [0.1, 0.15) is 18.1 Å². The number of benzene rings is 2. The monoisotopic (exact) mass is 516 g/mol. The molecule has 0 bridgehead atoms. The van der Waals surface area contributed by atoms with Crippen molar-refractivity contribution in [3.05, 3.63) is 58.6 Å². The van der Waals surface area contributed by atoms with Crippen molar-refractivity contribution >= 4 is 44.7 Å². The topological polar surface area (TPSA) is 90.9 Å². The third-order valence-electron chi connectivity index (χ3n) is 4.14. The third-order valence-corrected chi connectivity index (χ3v) is 5.87. The lowest BCUT2D eigenvalue weighted by Crippen LogP contribution is -2.38. The summed E-state index contributed by atoms with van der Waals surface area (Å²) in [7, 11) is -5.04. The largest absolute Gasteiger partial charge is 0.516 e. The van der Waals surface area contributed by atoms with Gasteiger partial charge in [-0.3, -0.25) is 4.31 Å². The van der Waals surface area contributed by atoms with E-state index in [1.54, 1.807) is 0 Å². The predicted octanol–water partition coefficient (Wildman–Crippen LogP) is 5.19. The minimum absolute atomic E-state index is 0.0000419. The van der Waals surface area contributed by atoms with Crippen LogP contribution in [0.15, 0.2) is 47.6 Å². The molecule has 0 aliphatic heterocycles. The molecule has 0 saturated carbocycles. The SMILES string of the molecule is C/C(=N\NC(=O)Nc1ccc(C(F)(F)F)cc1)c1cc(Cl)ccc1N(C)S(=O)(=O)C(F)(F)F. The number of halogens is 7. The number of hydrazone groups is 1. The first-order valence-electron chi connectivity index (χ1n) is 8.67. The molecule has 0 radical (unpaired) electrons. The van der Waals surface area contributed by atoms with Gasteiger partial charge >= 0.3 is 27.7 Å². The molecule has 0 aliphatic rings. The highest BCUT2D eigenvalue weighted by Gasteiger charge is 2.49. The second-order valence-corrected chi connectivity index (χ2v) is 8.82. The summed E-state index contributed by atoms with van der Waals surface area (Å²) in [5.74, 6) is 0. The molecule has 2 amide bonds. The van der Waals surface area contributed by atoms with E-state index in [1.807, 2.05) is 5.43 Å². The van der Waals surface area contributed by atoms with Gasteiger partial charge in [0, 0.05) is 23.3 Å². The van der Waals surface area contributed by atoms with Crippen molar-refractivity contribution in [2.75, 3.05) is 16.7 Å². The zero-order chi connectivity index (χ0) is 25.2. The minimum Gasteiger partial charge on any atom is -0.307 e. The van der Waals surface area contributed by atoms with E-state index in [-0.39, 0.29) is 26.3 Å². The number of anilines is 2. The van der Waals surface area contributed by atoms with Gasteiger partial charge in [-0.2, -0.15) is 39.9 Å². The van der Waals surface area contributed by atoms with Crippen molar-refractivity contribution in [3.63, 3.8) is 0 Å². The van der Waals surface area contributed by atoms with Crippen molar-refractivity contribution in [2.24, 2.45) is 5.10 Å². The van der Waals surface area contributed by atoms with Crippen LogP contribution in [0.4, 0.5) is 42.5 Å². The highest BCUT2D eigenvalue weighted by atomic mass is 35.5. The number of nitrogens with one attached hydrogen (secondary N) is 2. The van der Waals surface area contributed by atoms with E-state index in [1.165, 1.54) is 13.0 Å². The number of carbonyl (C=O) groups excluding carboxylic acids is 1. The Morgan fingerprint density at radius 2 is 1.61 bits per heavy atom. The fourth-order valence-corrected chi connectivity index (χ4v) is 3.35. The molecule has 0 fully saturated rings. The fraction of sp³-hybridized carbons (Fsp3) is 0.222. The molecule has 33 heavy (non-hydrogen) atoms. The third kappa shape index (κ3) is 6.28. The van der Waals surface area contributed by atoms with Gasteiger partial charge in [-0.05, 0) is 49.4 Å². The summed E-state index contributed by atoms with van der Waals surface area (Å²) >= 11 is 5.86. The van der Waals surface area contributed by atoms with Gasteiger partial charge in [0.25, 0.3) is 0 Å². The second-order valence-electron chi connectivity index (χ2n) is 6.42. The first kappa shape index (κ1) is 26.3. The summed E-state index contributed by atoms with van der Waals surface area (Å²) in [6.07, 6.45) is -4.55. The van der Waals surface area contributed by atoms with E-state index in [2.05, 4.69) is 10.4 Å². The lowest BCUT2D eigenvalue weighted by molar-refractivity contribution is -0.137. The van der Waals surface area contributed by atoms with Gasteiger partial charge in [0.2, 0.25) is 0 Å². The van der Waals surface area contributed by atoms with E-state index in [0.717, 1.165) is 36.4 Å². The molecule has 7 nitrogen and oxygen atoms in total. The summed E-state index contributed by atoms with van der Waals surface area (Å²) in [4.78, 5) is 12.0. The Balaban J connectivity index is 2.23. The van der Waals surface area contributed by atoms with Gasteiger partial charge in [0.15, 0.2) is 0 Å². The summed E-state index contributed by atoms with van der Waals surface area (Å²) in [5.41, 5.74) is -5.13. The molecule has 0 atom stereocenters. The first-order valence-corrected chi connectivity index (χ1v) is 10.5. The lowest BCUT2D eigenvalue weighted by Gasteiger charge is -2.23. The number of hydrogen-bond acceptors (Lipinski definition) is 4. The van der Waals surface area contributed by atoms with E-state index >= 15 is 0 Å². The number of amides is 2. The zero-order valence-corrected chi connectivity index (χ0v) is 18.3. The molecule has 2 aromatic rings. The number of carbonyl (C=O) groups is 1. The molecule has 180 valence electrons. The standard InChI is InChI=1S/C18H15ClF6N4O3S/c1-10(27-28-16(30)26-13-6-3-11(4-7-13)17(20,21)22)14-9-12(19)5-8-15(14)29(2)33(31,32)18(23,24)25/h3-9H,1-2H3,(H2,26,28,30)/b27-10+. The molecule has 0 aromatic heterocycles.